The molecule has 0 saturated heterocycles. The van der Waals surface area contributed by atoms with E-state index in [1.165, 1.54) is 0 Å². The first-order valence-corrected chi connectivity index (χ1v) is 7.44. The summed E-state index contributed by atoms with van der Waals surface area (Å²) in [6, 6.07) is 14.2. The van der Waals surface area contributed by atoms with Crippen LogP contribution in [0.1, 0.15) is 23.6 Å². The summed E-state index contributed by atoms with van der Waals surface area (Å²) in [6.45, 7) is 1.43. The van der Waals surface area contributed by atoms with Crippen molar-refractivity contribution in [2.75, 3.05) is 13.7 Å². The summed E-state index contributed by atoms with van der Waals surface area (Å²) in [6.07, 6.45) is 0.933. The van der Waals surface area contributed by atoms with Crippen LogP contribution in [0.4, 0.5) is 0 Å². The Bertz CT molecular complexity index is 630. The minimum absolute atomic E-state index is 0.248. The van der Waals surface area contributed by atoms with Gasteiger partial charge in [0.2, 0.25) is 0 Å². The fourth-order valence-corrected chi connectivity index (χ4v) is 2.92. The van der Waals surface area contributed by atoms with Crippen molar-refractivity contribution < 1.29 is 9.47 Å². The van der Waals surface area contributed by atoms with E-state index >= 15 is 0 Å². The summed E-state index contributed by atoms with van der Waals surface area (Å²) in [7, 11) is 1.70. The molecule has 0 aromatic heterocycles. The number of hydrogen-bond acceptors (Lipinski definition) is 3. The predicted molar refractivity (Wildman–Crippen MR) is 84.1 cm³/mol. The fraction of sp³-hybridized carbons (Fsp3) is 0.294. The molecular formula is C17H18ClNO2. The summed E-state index contributed by atoms with van der Waals surface area (Å²) >= 11 is 6.20. The lowest BCUT2D eigenvalue weighted by Crippen LogP contribution is -2.27. The molecule has 2 aromatic carbocycles. The Labute approximate surface area is 129 Å². The van der Waals surface area contributed by atoms with E-state index in [-0.39, 0.29) is 6.04 Å². The monoisotopic (exact) mass is 303 g/mol. The van der Waals surface area contributed by atoms with Crippen molar-refractivity contribution >= 4 is 11.6 Å². The molecule has 1 atom stereocenters. The molecule has 0 aliphatic carbocycles. The van der Waals surface area contributed by atoms with Gasteiger partial charge in [0.25, 0.3) is 0 Å². The SMILES string of the molecule is COc1ccccc1CNC1CCOc2c(Cl)cccc21. The summed E-state index contributed by atoms with van der Waals surface area (Å²) in [5.74, 6) is 1.71. The van der Waals surface area contributed by atoms with Crippen molar-refractivity contribution in [2.45, 2.75) is 19.0 Å². The van der Waals surface area contributed by atoms with Gasteiger partial charge in [0, 0.05) is 30.1 Å². The highest BCUT2D eigenvalue weighted by molar-refractivity contribution is 6.32. The van der Waals surface area contributed by atoms with Crippen LogP contribution in [-0.4, -0.2) is 13.7 Å². The van der Waals surface area contributed by atoms with Gasteiger partial charge in [0.1, 0.15) is 11.5 Å². The summed E-state index contributed by atoms with van der Waals surface area (Å²) in [5.41, 5.74) is 2.28. The van der Waals surface area contributed by atoms with Crippen LogP contribution in [0.15, 0.2) is 42.5 Å². The number of rotatable bonds is 4. The van der Waals surface area contributed by atoms with Crippen molar-refractivity contribution in [3.8, 4) is 11.5 Å². The smallest absolute Gasteiger partial charge is 0.142 e. The molecule has 1 aliphatic rings. The number of hydrogen-bond donors (Lipinski definition) is 1. The van der Waals surface area contributed by atoms with Gasteiger partial charge in [-0.05, 0) is 12.1 Å². The quantitative estimate of drug-likeness (QED) is 0.927. The van der Waals surface area contributed by atoms with Crippen LogP contribution in [-0.2, 0) is 6.54 Å². The Morgan fingerprint density at radius 1 is 1.24 bits per heavy atom. The zero-order valence-electron chi connectivity index (χ0n) is 11.9. The van der Waals surface area contributed by atoms with E-state index in [0.717, 1.165) is 35.6 Å². The average Bonchev–Trinajstić information content (AvgIpc) is 2.53. The van der Waals surface area contributed by atoms with E-state index in [0.29, 0.717) is 11.6 Å². The van der Waals surface area contributed by atoms with Crippen LogP contribution in [0.5, 0.6) is 11.5 Å². The first-order valence-electron chi connectivity index (χ1n) is 7.06. The first kappa shape index (κ1) is 14.2. The zero-order chi connectivity index (χ0) is 14.7. The van der Waals surface area contributed by atoms with Crippen LogP contribution in [0.25, 0.3) is 0 Å². The normalized spacial score (nSPS) is 17.0. The Morgan fingerprint density at radius 3 is 2.95 bits per heavy atom. The summed E-state index contributed by atoms with van der Waals surface area (Å²) < 4.78 is 11.1. The highest BCUT2D eigenvalue weighted by Crippen LogP contribution is 2.37. The highest BCUT2D eigenvalue weighted by Gasteiger charge is 2.22. The minimum atomic E-state index is 0.248. The Kier molecular flexibility index (Phi) is 4.32. The molecular weight excluding hydrogens is 286 g/mol. The lowest BCUT2D eigenvalue weighted by molar-refractivity contribution is 0.252. The second-order valence-corrected chi connectivity index (χ2v) is 5.45. The van der Waals surface area contributed by atoms with Crippen LogP contribution in [0.3, 0.4) is 0 Å². The lowest BCUT2D eigenvalue weighted by Gasteiger charge is -2.27. The van der Waals surface area contributed by atoms with Crippen LogP contribution < -0.4 is 14.8 Å². The molecule has 0 amide bonds. The summed E-state index contributed by atoms with van der Waals surface area (Å²) in [4.78, 5) is 0. The predicted octanol–water partition coefficient (Wildman–Crippen LogP) is 3.96. The number of para-hydroxylation sites is 2. The zero-order valence-corrected chi connectivity index (χ0v) is 12.7. The van der Waals surface area contributed by atoms with Crippen molar-refractivity contribution in [1.29, 1.82) is 0 Å². The molecule has 1 N–H and O–H groups in total. The molecule has 1 heterocycles. The van der Waals surface area contributed by atoms with Crippen LogP contribution in [0, 0.1) is 0 Å². The van der Waals surface area contributed by atoms with E-state index in [9.17, 15) is 0 Å². The third-order valence-electron chi connectivity index (χ3n) is 3.76. The third kappa shape index (κ3) is 2.99. The number of ether oxygens (including phenoxy) is 2. The number of halogens is 1. The molecule has 0 spiro atoms. The van der Waals surface area contributed by atoms with Gasteiger partial charge in [-0.15, -0.1) is 0 Å². The van der Waals surface area contributed by atoms with Crippen molar-refractivity contribution in [2.24, 2.45) is 0 Å². The van der Waals surface area contributed by atoms with Crippen LogP contribution >= 0.6 is 11.6 Å². The molecule has 1 unspecified atom stereocenters. The van der Waals surface area contributed by atoms with Gasteiger partial charge in [-0.2, -0.15) is 0 Å². The Morgan fingerprint density at radius 2 is 2.10 bits per heavy atom. The first-order chi connectivity index (χ1) is 10.3. The van der Waals surface area contributed by atoms with Gasteiger partial charge in [0.05, 0.1) is 18.7 Å². The highest BCUT2D eigenvalue weighted by atomic mass is 35.5. The summed E-state index contributed by atoms with van der Waals surface area (Å²) in [5, 5.41) is 4.25. The molecule has 3 rings (SSSR count). The maximum absolute atomic E-state index is 6.20. The van der Waals surface area contributed by atoms with Gasteiger partial charge in [-0.1, -0.05) is 41.9 Å². The minimum Gasteiger partial charge on any atom is -0.496 e. The third-order valence-corrected chi connectivity index (χ3v) is 4.05. The molecule has 0 saturated carbocycles. The molecule has 110 valence electrons. The molecule has 0 bridgehead atoms. The topological polar surface area (TPSA) is 30.5 Å². The van der Waals surface area contributed by atoms with E-state index in [1.54, 1.807) is 7.11 Å². The van der Waals surface area contributed by atoms with Crippen LogP contribution in [0.2, 0.25) is 5.02 Å². The average molecular weight is 304 g/mol. The Balaban J connectivity index is 1.77. The van der Waals surface area contributed by atoms with E-state index in [1.807, 2.05) is 30.3 Å². The fourth-order valence-electron chi connectivity index (χ4n) is 2.68. The van der Waals surface area contributed by atoms with Crippen molar-refractivity contribution in [1.82, 2.24) is 5.32 Å². The maximum atomic E-state index is 6.20. The molecule has 2 aromatic rings. The van der Waals surface area contributed by atoms with Gasteiger partial charge >= 0.3 is 0 Å². The lowest BCUT2D eigenvalue weighted by atomic mass is 10.00. The van der Waals surface area contributed by atoms with Gasteiger partial charge in [-0.25, -0.2) is 0 Å². The number of fused-ring (bicyclic) bond motifs is 1. The van der Waals surface area contributed by atoms with Crippen molar-refractivity contribution in [3.05, 3.63) is 58.6 Å². The van der Waals surface area contributed by atoms with E-state index in [4.69, 9.17) is 21.1 Å². The second-order valence-electron chi connectivity index (χ2n) is 5.04. The molecule has 3 nitrogen and oxygen atoms in total. The number of benzene rings is 2. The largest absolute Gasteiger partial charge is 0.496 e. The number of nitrogens with one attached hydrogen (secondary N) is 1. The van der Waals surface area contributed by atoms with Gasteiger partial charge in [-0.3, -0.25) is 0 Å². The standard InChI is InChI=1S/C17H18ClNO2/c1-20-16-8-3-2-5-12(16)11-19-15-9-10-21-17-13(15)6-4-7-14(17)18/h2-8,15,19H,9-11H2,1H3. The van der Waals surface area contributed by atoms with E-state index in [2.05, 4.69) is 17.4 Å². The van der Waals surface area contributed by atoms with Crippen molar-refractivity contribution in [3.63, 3.8) is 0 Å². The maximum Gasteiger partial charge on any atom is 0.142 e. The second kappa shape index (κ2) is 6.37. The van der Waals surface area contributed by atoms with Gasteiger partial charge < -0.3 is 14.8 Å². The van der Waals surface area contributed by atoms with Gasteiger partial charge in [0.15, 0.2) is 0 Å². The molecule has 21 heavy (non-hydrogen) atoms. The number of methoxy groups -OCH3 is 1. The van der Waals surface area contributed by atoms with E-state index < -0.39 is 0 Å². The Hall–Kier alpha value is -1.71. The molecule has 4 heteroatoms. The molecule has 0 fully saturated rings. The molecule has 0 radical (unpaired) electrons. The molecule has 1 aliphatic heterocycles.